The van der Waals surface area contributed by atoms with Crippen molar-refractivity contribution >= 4 is 76.8 Å². The topological polar surface area (TPSA) is 110 Å². The van der Waals surface area contributed by atoms with E-state index >= 15 is 4.39 Å². The Bertz CT molecular complexity index is 2000. The van der Waals surface area contributed by atoms with Gasteiger partial charge in [0.15, 0.2) is 5.67 Å². The van der Waals surface area contributed by atoms with Crippen LogP contribution in [0.2, 0.25) is 0 Å². The molecular formula is C43H50Br3F2N3O8. The van der Waals surface area contributed by atoms with Crippen molar-refractivity contribution in [2.75, 3.05) is 93.8 Å². The second-order valence-corrected chi connectivity index (χ2v) is 18.2. The van der Waals surface area contributed by atoms with Gasteiger partial charge in [0, 0.05) is 63.0 Å². The fraction of sp³-hybridized carbons (Fsp3) is 0.535. The largest absolute Gasteiger partial charge is 0.466 e. The number of nitrogens with zero attached hydrogens (tertiary/aromatic N) is 3. The molecule has 6 heterocycles. The van der Waals surface area contributed by atoms with Gasteiger partial charge in [0.2, 0.25) is 5.67 Å². The standard InChI is InChI=1S/C15H17BrFNO3.C15H18BrNO3.C13H15BrFNO2/c1-2-21-14(19)15(17)8-10-3-4-11(16)7-12(10)18-5-6-20-9-13(15)18;1-2-20-15(18)12-7-10-3-4-11(16)8-13(10)17-5-6-19-9-14(12)17;14-10-2-1-9-6-13(15,8-17)12-7-18-4-3-16(12)11(9)5-10/h3-4,7,13H,2,5-6,8-9H2,1H3;3-4,8,12,14H,2,5-7,9H2,1H3;1-2,5,12,17H,3-4,6-8H2. The summed E-state index contributed by atoms with van der Waals surface area (Å²) in [4.78, 5) is 30.6. The molecule has 0 radical (unpaired) electrons. The Morgan fingerprint density at radius 2 is 1.20 bits per heavy atom. The Morgan fingerprint density at radius 3 is 1.78 bits per heavy atom. The molecule has 0 aliphatic carbocycles. The first-order valence-electron chi connectivity index (χ1n) is 20.1. The van der Waals surface area contributed by atoms with Crippen molar-refractivity contribution in [2.24, 2.45) is 5.92 Å². The summed E-state index contributed by atoms with van der Waals surface area (Å²) < 4.78 is 59.9. The summed E-state index contributed by atoms with van der Waals surface area (Å²) in [6, 6.07) is 16.9. The predicted octanol–water partition coefficient (Wildman–Crippen LogP) is 6.78. The Kier molecular flexibility index (Phi) is 14.3. The number of aliphatic hydroxyl groups excluding tert-OH is 1. The average Bonchev–Trinajstić information content (AvgIpc) is 3.25. The molecule has 0 amide bonds. The number of halogens is 5. The van der Waals surface area contributed by atoms with Gasteiger partial charge in [0.25, 0.3) is 0 Å². The summed E-state index contributed by atoms with van der Waals surface area (Å²) in [6.07, 6.45) is 1.00. The van der Waals surface area contributed by atoms with Crippen LogP contribution in [-0.4, -0.2) is 126 Å². The number of carbonyl (C=O) groups excluding carboxylic acids is 2. The van der Waals surface area contributed by atoms with Crippen molar-refractivity contribution in [3.63, 3.8) is 0 Å². The Hall–Kier alpha value is -2.86. The van der Waals surface area contributed by atoms with E-state index < -0.39 is 36.0 Å². The van der Waals surface area contributed by atoms with Gasteiger partial charge >= 0.3 is 11.9 Å². The van der Waals surface area contributed by atoms with E-state index in [1.807, 2.05) is 59.2 Å². The Labute approximate surface area is 369 Å². The number of hydrogen-bond acceptors (Lipinski definition) is 11. The number of esters is 2. The molecule has 3 saturated heterocycles. The first-order valence-corrected chi connectivity index (χ1v) is 22.5. The first-order chi connectivity index (χ1) is 28.4. The number of alkyl halides is 2. The van der Waals surface area contributed by atoms with Crippen LogP contribution in [0.3, 0.4) is 0 Å². The lowest BCUT2D eigenvalue weighted by molar-refractivity contribution is -0.161. The minimum atomic E-state index is -2.06. The average molecular weight is 1010 g/mol. The molecule has 0 aromatic heterocycles. The first kappa shape index (κ1) is 44.2. The minimum absolute atomic E-state index is 0.0268. The smallest absolute Gasteiger partial charge is 0.346 e. The highest BCUT2D eigenvalue weighted by Gasteiger charge is 2.55. The highest BCUT2D eigenvalue weighted by Crippen LogP contribution is 2.43. The fourth-order valence-corrected chi connectivity index (χ4v) is 10.1. The van der Waals surface area contributed by atoms with Gasteiger partial charge in [0.05, 0.1) is 83.5 Å². The van der Waals surface area contributed by atoms with E-state index in [2.05, 4.69) is 64.8 Å². The lowest BCUT2D eigenvalue weighted by Gasteiger charge is -2.48. The van der Waals surface area contributed by atoms with Gasteiger partial charge in [-0.2, -0.15) is 0 Å². The van der Waals surface area contributed by atoms with Gasteiger partial charge in [-0.05, 0) is 73.4 Å². The second-order valence-electron chi connectivity index (χ2n) is 15.4. The van der Waals surface area contributed by atoms with E-state index in [9.17, 15) is 19.1 Å². The molecule has 16 heteroatoms. The molecule has 0 saturated carbocycles. The lowest BCUT2D eigenvalue weighted by atomic mass is 9.82. The summed E-state index contributed by atoms with van der Waals surface area (Å²) in [6.45, 7) is 8.69. The molecule has 0 spiro atoms. The zero-order chi connectivity index (χ0) is 41.9. The Balaban J connectivity index is 0.000000135. The molecule has 6 aliphatic heterocycles. The zero-order valence-corrected chi connectivity index (χ0v) is 37.9. The maximum Gasteiger partial charge on any atom is 0.346 e. The van der Waals surface area contributed by atoms with Crippen LogP contribution in [0.5, 0.6) is 0 Å². The van der Waals surface area contributed by atoms with Crippen LogP contribution in [0.4, 0.5) is 25.8 Å². The van der Waals surface area contributed by atoms with Crippen LogP contribution in [0, 0.1) is 5.92 Å². The molecule has 3 fully saturated rings. The van der Waals surface area contributed by atoms with Crippen molar-refractivity contribution < 1.29 is 47.2 Å². The van der Waals surface area contributed by atoms with Crippen LogP contribution < -0.4 is 14.7 Å². The Morgan fingerprint density at radius 1 is 0.712 bits per heavy atom. The molecule has 59 heavy (non-hydrogen) atoms. The third-order valence-electron chi connectivity index (χ3n) is 11.9. The molecule has 6 unspecified atom stereocenters. The molecule has 6 aliphatic rings. The maximum absolute atomic E-state index is 15.5. The van der Waals surface area contributed by atoms with Crippen molar-refractivity contribution in [2.45, 2.75) is 62.6 Å². The molecule has 3 aromatic rings. The summed E-state index contributed by atoms with van der Waals surface area (Å²) in [5.74, 6) is -1.04. The number of carbonyl (C=O) groups is 2. The van der Waals surface area contributed by atoms with Gasteiger partial charge in [-0.15, -0.1) is 0 Å². The molecule has 6 atom stereocenters. The number of aliphatic hydroxyl groups is 1. The fourth-order valence-electron chi connectivity index (χ4n) is 9.04. The summed E-state index contributed by atoms with van der Waals surface area (Å²) >= 11 is 10.4. The molecule has 1 N–H and O–H groups in total. The number of benzene rings is 3. The number of fused-ring (bicyclic) bond motifs is 9. The van der Waals surface area contributed by atoms with E-state index in [-0.39, 0.29) is 44.0 Å². The second kappa shape index (κ2) is 19.0. The number of morpholine rings is 3. The van der Waals surface area contributed by atoms with Crippen molar-refractivity contribution in [1.82, 2.24) is 0 Å². The number of anilines is 3. The van der Waals surface area contributed by atoms with E-state index in [0.717, 1.165) is 48.9 Å². The quantitative estimate of drug-likeness (QED) is 0.274. The SMILES string of the molecule is CCOC(=O)C1(F)Cc2ccc(Br)cc2N2CCOCC21.CCOC(=O)C1Cc2ccc(Br)cc2N2CCOCC12.OCC1(F)Cc2ccc(Br)cc2N2CCOCC21. The lowest BCUT2D eigenvalue weighted by Crippen LogP contribution is -2.64. The zero-order valence-electron chi connectivity index (χ0n) is 33.1. The van der Waals surface area contributed by atoms with Gasteiger partial charge in [0.1, 0.15) is 0 Å². The van der Waals surface area contributed by atoms with E-state index in [0.29, 0.717) is 52.7 Å². The van der Waals surface area contributed by atoms with Crippen molar-refractivity contribution in [1.29, 1.82) is 0 Å². The van der Waals surface area contributed by atoms with E-state index in [1.165, 1.54) is 11.3 Å². The van der Waals surface area contributed by atoms with Gasteiger partial charge in [-0.1, -0.05) is 66.0 Å². The van der Waals surface area contributed by atoms with Crippen LogP contribution in [-0.2, 0) is 52.5 Å². The van der Waals surface area contributed by atoms with Gasteiger partial charge < -0.3 is 43.5 Å². The monoisotopic (exact) mass is 1010 g/mol. The van der Waals surface area contributed by atoms with E-state index in [4.69, 9.17) is 23.7 Å². The summed E-state index contributed by atoms with van der Waals surface area (Å²) in [5, 5.41) is 9.40. The molecule has 0 bridgehead atoms. The van der Waals surface area contributed by atoms with Crippen LogP contribution in [0.15, 0.2) is 68.0 Å². The maximum atomic E-state index is 15.5. The number of ether oxygens (including phenoxy) is 5. The van der Waals surface area contributed by atoms with Crippen molar-refractivity contribution in [3.05, 3.63) is 84.7 Å². The van der Waals surface area contributed by atoms with E-state index in [1.54, 1.807) is 6.92 Å². The van der Waals surface area contributed by atoms with Gasteiger partial charge in [-0.25, -0.2) is 13.6 Å². The number of hydrogen-bond donors (Lipinski definition) is 1. The third-order valence-corrected chi connectivity index (χ3v) is 13.4. The minimum Gasteiger partial charge on any atom is -0.466 e. The molecule has 11 nitrogen and oxygen atoms in total. The van der Waals surface area contributed by atoms with Crippen LogP contribution in [0.1, 0.15) is 30.5 Å². The molecule has 3 aromatic carbocycles. The molecular weight excluding hydrogens is 964 g/mol. The third kappa shape index (κ3) is 9.19. The summed E-state index contributed by atoms with van der Waals surface area (Å²) in [5.41, 5.74) is 2.56. The number of rotatable bonds is 5. The normalized spacial score (nSPS) is 27.7. The van der Waals surface area contributed by atoms with Crippen molar-refractivity contribution in [3.8, 4) is 0 Å². The van der Waals surface area contributed by atoms with Crippen LogP contribution >= 0.6 is 47.8 Å². The van der Waals surface area contributed by atoms with Crippen LogP contribution in [0.25, 0.3) is 0 Å². The molecule has 320 valence electrons. The van der Waals surface area contributed by atoms with Gasteiger partial charge in [-0.3, -0.25) is 4.79 Å². The highest BCUT2D eigenvalue weighted by atomic mass is 79.9. The highest BCUT2D eigenvalue weighted by molar-refractivity contribution is 9.11. The summed E-state index contributed by atoms with van der Waals surface area (Å²) in [7, 11) is 0. The molecule has 9 rings (SSSR count). The predicted molar refractivity (Wildman–Crippen MR) is 231 cm³/mol.